The van der Waals surface area contributed by atoms with Gasteiger partial charge in [0.05, 0.1) is 12.7 Å². The molecule has 0 saturated carbocycles. The molecule has 0 aliphatic rings. The van der Waals surface area contributed by atoms with Crippen LogP contribution in [0.15, 0.2) is 53.0 Å². The Labute approximate surface area is 120 Å². The highest BCUT2D eigenvalue weighted by atomic mass is 79.9. The Bertz CT molecular complexity index is 570. The van der Waals surface area contributed by atoms with Crippen molar-refractivity contribution in [3.05, 3.63) is 64.1 Å². The first-order valence-electron chi connectivity index (χ1n) is 5.86. The Hall–Kier alpha value is -1.81. The van der Waals surface area contributed by atoms with Gasteiger partial charge >= 0.3 is 0 Å². The van der Waals surface area contributed by atoms with E-state index in [4.69, 9.17) is 4.74 Å². The quantitative estimate of drug-likeness (QED) is 0.938. The zero-order chi connectivity index (χ0) is 13.7. The number of rotatable bonds is 4. The van der Waals surface area contributed by atoms with Crippen LogP contribution in [-0.4, -0.2) is 13.0 Å². The lowest BCUT2D eigenvalue weighted by Gasteiger charge is -2.08. The van der Waals surface area contributed by atoms with Gasteiger partial charge in [0.1, 0.15) is 5.75 Å². The molecule has 0 heterocycles. The van der Waals surface area contributed by atoms with Crippen LogP contribution in [0.25, 0.3) is 0 Å². The predicted octanol–water partition coefficient (Wildman–Crippen LogP) is 3.39. The van der Waals surface area contributed by atoms with Gasteiger partial charge < -0.3 is 10.1 Å². The van der Waals surface area contributed by atoms with Crippen molar-refractivity contribution >= 4 is 21.8 Å². The number of carbonyl (C=O) groups is 1. The number of benzene rings is 2. The molecule has 0 unspecified atom stereocenters. The number of methoxy groups -OCH3 is 1. The van der Waals surface area contributed by atoms with Gasteiger partial charge in [0.15, 0.2) is 0 Å². The van der Waals surface area contributed by atoms with Gasteiger partial charge in [-0.25, -0.2) is 0 Å². The normalized spacial score (nSPS) is 10.0. The van der Waals surface area contributed by atoms with Gasteiger partial charge in [-0.2, -0.15) is 0 Å². The van der Waals surface area contributed by atoms with Crippen molar-refractivity contribution in [1.82, 2.24) is 5.32 Å². The van der Waals surface area contributed by atoms with E-state index in [0.717, 1.165) is 10.0 Å². The van der Waals surface area contributed by atoms with Crippen LogP contribution in [0, 0.1) is 0 Å². The SMILES string of the molecule is COc1ccc(Br)c(C(=O)NCc2ccccc2)c1. The fraction of sp³-hybridized carbons (Fsp3) is 0.133. The molecule has 0 spiro atoms. The first-order valence-corrected chi connectivity index (χ1v) is 6.65. The van der Waals surface area contributed by atoms with Crippen LogP contribution in [0.3, 0.4) is 0 Å². The molecule has 0 radical (unpaired) electrons. The highest BCUT2D eigenvalue weighted by molar-refractivity contribution is 9.10. The van der Waals surface area contributed by atoms with Crippen molar-refractivity contribution in [3.8, 4) is 5.75 Å². The van der Waals surface area contributed by atoms with Crippen molar-refractivity contribution in [2.75, 3.05) is 7.11 Å². The average Bonchev–Trinajstić information content (AvgIpc) is 2.46. The smallest absolute Gasteiger partial charge is 0.252 e. The van der Waals surface area contributed by atoms with E-state index in [1.807, 2.05) is 30.3 Å². The fourth-order valence-electron chi connectivity index (χ4n) is 1.68. The van der Waals surface area contributed by atoms with E-state index in [2.05, 4.69) is 21.2 Å². The maximum absolute atomic E-state index is 12.1. The number of ether oxygens (including phenoxy) is 1. The summed E-state index contributed by atoms with van der Waals surface area (Å²) in [6, 6.07) is 15.1. The summed E-state index contributed by atoms with van der Waals surface area (Å²) in [7, 11) is 1.58. The molecule has 0 fully saturated rings. The van der Waals surface area contributed by atoms with Crippen LogP contribution in [-0.2, 0) is 6.54 Å². The van der Waals surface area contributed by atoms with E-state index in [9.17, 15) is 4.79 Å². The summed E-state index contributed by atoms with van der Waals surface area (Å²) in [5.74, 6) is 0.530. The maximum atomic E-state index is 12.1. The minimum absolute atomic E-state index is 0.130. The first-order chi connectivity index (χ1) is 9.20. The number of nitrogens with one attached hydrogen (secondary N) is 1. The average molecular weight is 320 g/mol. The van der Waals surface area contributed by atoms with E-state index in [1.165, 1.54) is 0 Å². The van der Waals surface area contributed by atoms with Crippen LogP contribution >= 0.6 is 15.9 Å². The zero-order valence-electron chi connectivity index (χ0n) is 10.5. The van der Waals surface area contributed by atoms with Crippen molar-refractivity contribution in [1.29, 1.82) is 0 Å². The van der Waals surface area contributed by atoms with Crippen molar-refractivity contribution in [2.45, 2.75) is 6.54 Å². The Kier molecular flexibility index (Phi) is 4.58. The Morgan fingerprint density at radius 3 is 2.63 bits per heavy atom. The van der Waals surface area contributed by atoms with E-state index >= 15 is 0 Å². The molecular weight excluding hydrogens is 306 g/mol. The zero-order valence-corrected chi connectivity index (χ0v) is 12.1. The second-order valence-electron chi connectivity index (χ2n) is 4.01. The van der Waals surface area contributed by atoms with Gasteiger partial charge in [-0.3, -0.25) is 4.79 Å². The predicted molar refractivity (Wildman–Crippen MR) is 78.3 cm³/mol. The molecule has 2 aromatic rings. The molecule has 2 rings (SSSR count). The van der Waals surface area contributed by atoms with E-state index < -0.39 is 0 Å². The lowest BCUT2D eigenvalue weighted by atomic mass is 10.2. The van der Waals surface area contributed by atoms with Crippen molar-refractivity contribution in [3.63, 3.8) is 0 Å². The molecule has 0 bridgehead atoms. The molecule has 4 heteroatoms. The van der Waals surface area contributed by atoms with Gasteiger partial charge in [0, 0.05) is 11.0 Å². The largest absolute Gasteiger partial charge is 0.497 e. The summed E-state index contributed by atoms with van der Waals surface area (Å²) in [5.41, 5.74) is 1.63. The topological polar surface area (TPSA) is 38.3 Å². The monoisotopic (exact) mass is 319 g/mol. The standard InChI is InChI=1S/C15H14BrNO2/c1-19-12-7-8-14(16)13(9-12)15(18)17-10-11-5-3-2-4-6-11/h2-9H,10H2,1H3,(H,17,18). The van der Waals surface area contributed by atoms with Crippen LogP contribution in [0.5, 0.6) is 5.75 Å². The van der Waals surface area contributed by atoms with Crippen molar-refractivity contribution < 1.29 is 9.53 Å². The summed E-state index contributed by atoms with van der Waals surface area (Å²) in [4.78, 5) is 12.1. The van der Waals surface area contributed by atoms with Crippen molar-refractivity contribution in [2.24, 2.45) is 0 Å². The summed E-state index contributed by atoms with van der Waals surface area (Å²) in [6.45, 7) is 0.503. The molecule has 19 heavy (non-hydrogen) atoms. The minimum atomic E-state index is -0.130. The number of hydrogen-bond acceptors (Lipinski definition) is 2. The van der Waals surface area contributed by atoms with Crippen LogP contribution in [0.1, 0.15) is 15.9 Å². The molecule has 1 amide bonds. The molecule has 0 atom stereocenters. The van der Waals surface area contributed by atoms with Gasteiger partial charge in [-0.1, -0.05) is 30.3 Å². The second kappa shape index (κ2) is 6.38. The molecule has 0 aliphatic carbocycles. The van der Waals surface area contributed by atoms with Gasteiger partial charge in [0.25, 0.3) is 5.91 Å². The molecule has 2 aromatic carbocycles. The lowest BCUT2D eigenvalue weighted by Crippen LogP contribution is -2.23. The highest BCUT2D eigenvalue weighted by Crippen LogP contribution is 2.22. The Morgan fingerprint density at radius 1 is 1.21 bits per heavy atom. The molecular formula is C15H14BrNO2. The fourth-order valence-corrected chi connectivity index (χ4v) is 2.11. The molecule has 0 aromatic heterocycles. The molecule has 0 saturated heterocycles. The number of hydrogen-bond donors (Lipinski definition) is 1. The summed E-state index contributed by atoms with van der Waals surface area (Å²) < 4.78 is 5.87. The third-order valence-corrected chi connectivity index (χ3v) is 3.41. The summed E-state index contributed by atoms with van der Waals surface area (Å²) >= 11 is 3.37. The summed E-state index contributed by atoms with van der Waals surface area (Å²) in [6.07, 6.45) is 0. The number of carbonyl (C=O) groups excluding carboxylic acids is 1. The van der Waals surface area contributed by atoms with Gasteiger partial charge in [-0.05, 0) is 39.7 Å². The minimum Gasteiger partial charge on any atom is -0.497 e. The molecule has 3 nitrogen and oxygen atoms in total. The molecule has 98 valence electrons. The third-order valence-electron chi connectivity index (χ3n) is 2.71. The van der Waals surface area contributed by atoms with Crippen LogP contribution in [0.4, 0.5) is 0 Å². The van der Waals surface area contributed by atoms with E-state index in [0.29, 0.717) is 17.9 Å². The first kappa shape index (κ1) is 13.6. The van der Waals surface area contributed by atoms with Crippen LogP contribution in [0.2, 0.25) is 0 Å². The van der Waals surface area contributed by atoms with Crippen LogP contribution < -0.4 is 10.1 Å². The van der Waals surface area contributed by atoms with E-state index in [1.54, 1.807) is 25.3 Å². The highest BCUT2D eigenvalue weighted by Gasteiger charge is 2.10. The number of amides is 1. The third kappa shape index (κ3) is 3.58. The summed E-state index contributed by atoms with van der Waals surface area (Å²) in [5, 5.41) is 2.88. The maximum Gasteiger partial charge on any atom is 0.252 e. The van der Waals surface area contributed by atoms with E-state index in [-0.39, 0.29) is 5.91 Å². The Morgan fingerprint density at radius 2 is 1.95 bits per heavy atom. The number of halogens is 1. The Balaban J connectivity index is 2.08. The molecule has 1 N–H and O–H groups in total. The van der Waals surface area contributed by atoms with Gasteiger partial charge in [-0.15, -0.1) is 0 Å². The second-order valence-corrected chi connectivity index (χ2v) is 4.87. The van der Waals surface area contributed by atoms with Gasteiger partial charge in [0.2, 0.25) is 0 Å². The lowest BCUT2D eigenvalue weighted by molar-refractivity contribution is 0.0950. The molecule has 0 aliphatic heterocycles.